The summed E-state index contributed by atoms with van der Waals surface area (Å²) in [6.45, 7) is 0.308. The molecule has 0 bridgehead atoms. The molecule has 0 aliphatic carbocycles. The van der Waals surface area contributed by atoms with Crippen molar-refractivity contribution in [2.45, 2.75) is 18.4 Å². The molecule has 2 aliphatic heterocycles. The number of hydrogen-bond donors (Lipinski definition) is 0. The Morgan fingerprint density at radius 3 is 2.27 bits per heavy atom. The molecule has 0 N–H and O–H groups in total. The van der Waals surface area contributed by atoms with Crippen LogP contribution in [-0.2, 0) is 35.8 Å². The van der Waals surface area contributed by atoms with E-state index in [0.29, 0.717) is 23.4 Å². The molecular weight excluding hydrogens is 418 g/mol. The number of esters is 2. The second-order valence-corrected chi connectivity index (χ2v) is 8.01. The maximum Gasteiger partial charge on any atom is 0.339 e. The Balaban J connectivity index is 1.76. The summed E-state index contributed by atoms with van der Waals surface area (Å²) < 4.78 is 10.7. The van der Waals surface area contributed by atoms with Crippen LogP contribution in [0.15, 0.2) is 90.5 Å². The molecule has 1 unspecified atom stereocenters. The van der Waals surface area contributed by atoms with Crippen molar-refractivity contribution in [1.29, 1.82) is 0 Å². The molecule has 1 atom stereocenters. The van der Waals surface area contributed by atoms with Gasteiger partial charge in [-0.05, 0) is 17.2 Å². The molecule has 3 aromatic carbocycles. The largest absolute Gasteiger partial charge is 0.466 e. The fraction of sp³-hybridized carbons (Fsp3) is 0.148. The Labute approximate surface area is 191 Å². The van der Waals surface area contributed by atoms with Gasteiger partial charge in [0.25, 0.3) is 0 Å². The predicted molar refractivity (Wildman–Crippen MR) is 122 cm³/mol. The van der Waals surface area contributed by atoms with Crippen LogP contribution in [0.25, 0.3) is 5.76 Å². The zero-order valence-electron chi connectivity index (χ0n) is 18.0. The fourth-order valence-corrected chi connectivity index (χ4v) is 4.72. The van der Waals surface area contributed by atoms with Crippen LogP contribution in [0.1, 0.15) is 23.1 Å². The minimum atomic E-state index is -1.53. The van der Waals surface area contributed by atoms with Crippen LogP contribution in [0.4, 0.5) is 5.69 Å². The first kappa shape index (κ1) is 20.7. The van der Waals surface area contributed by atoms with Gasteiger partial charge < -0.3 is 14.4 Å². The van der Waals surface area contributed by atoms with E-state index in [1.807, 2.05) is 48.5 Å². The number of hydrogen-bond acceptors (Lipinski definition) is 5. The molecule has 0 aromatic heterocycles. The van der Waals surface area contributed by atoms with Crippen LogP contribution in [0.3, 0.4) is 0 Å². The second-order valence-electron chi connectivity index (χ2n) is 8.01. The lowest BCUT2D eigenvalue weighted by Gasteiger charge is -2.34. The highest BCUT2D eigenvalue weighted by Gasteiger charge is 2.60. The lowest BCUT2D eigenvalue weighted by Crippen LogP contribution is -2.48. The maximum atomic E-state index is 14.2. The SMILES string of the molecule is COC(=O)C1=C(c2ccccc2)OC(=O)CC12C(=O)N(Cc1ccccc1)c1ccccc12. The van der Waals surface area contributed by atoms with E-state index in [1.165, 1.54) is 7.11 Å². The third-order valence-electron chi connectivity index (χ3n) is 6.15. The molecule has 0 saturated carbocycles. The first-order valence-electron chi connectivity index (χ1n) is 10.6. The number of carbonyl (C=O) groups excluding carboxylic acids is 3. The molecule has 0 radical (unpaired) electrons. The van der Waals surface area contributed by atoms with Gasteiger partial charge in [0.2, 0.25) is 5.91 Å². The smallest absolute Gasteiger partial charge is 0.339 e. The normalized spacial score (nSPS) is 19.5. The van der Waals surface area contributed by atoms with Gasteiger partial charge in [0.05, 0.1) is 20.1 Å². The van der Waals surface area contributed by atoms with Crippen molar-refractivity contribution < 1.29 is 23.9 Å². The van der Waals surface area contributed by atoms with Crippen molar-refractivity contribution in [3.05, 3.63) is 107 Å². The average Bonchev–Trinajstić information content (AvgIpc) is 3.07. The van der Waals surface area contributed by atoms with Gasteiger partial charge in [-0.2, -0.15) is 0 Å². The second kappa shape index (κ2) is 8.06. The van der Waals surface area contributed by atoms with Crippen LogP contribution in [0.2, 0.25) is 0 Å². The Bertz CT molecular complexity index is 1280. The molecule has 6 heteroatoms. The number of nitrogens with zero attached hydrogens (tertiary/aromatic N) is 1. The number of benzene rings is 3. The van der Waals surface area contributed by atoms with Crippen molar-refractivity contribution in [3.8, 4) is 0 Å². The van der Waals surface area contributed by atoms with Crippen LogP contribution < -0.4 is 4.90 Å². The van der Waals surface area contributed by atoms with Crippen molar-refractivity contribution >= 4 is 29.3 Å². The Morgan fingerprint density at radius 1 is 0.939 bits per heavy atom. The summed E-state index contributed by atoms with van der Waals surface area (Å²) in [4.78, 5) is 41.9. The fourth-order valence-electron chi connectivity index (χ4n) is 4.72. The average molecular weight is 439 g/mol. The summed E-state index contributed by atoms with van der Waals surface area (Å²) in [7, 11) is 1.26. The monoisotopic (exact) mass is 439 g/mol. The highest BCUT2D eigenvalue weighted by molar-refractivity contribution is 6.20. The van der Waals surface area contributed by atoms with E-state index in [2.05, 4.69) is 0 Å². The highest BCUT2D eigenvalue weighted by atomic mass is 16.5. The topological polar surface area (TPSA) is 72.9 Å². The highest BCUT2D eigenvalue weighted by Crippen LogP contribution is 2.53. The van der Waals surface area contributed by atoms with E-state index in [1.54, 1.807) is 41.3 Å². The number of anilines is 1. The molecular formula is C27H21NO5. The first-order chi connectivity index (χ1) is 16.1. The lowest BCUT2D eigenvalue weighted by molar-refractivity contribution is -0.145. The molecule has 33 heavy (non-hydrogen) atoms. The van der Waals surface area contributed by atoms with Crippen LogP contribution in [0.5, 0.6) is 0 Å². The number of rotatable bonds is 4. The van der Waals surface area contributed by atoms with Crippen LogP contribution >= 0.6 is 0 Å². The number of ether oxygens (including phenoxy) is 2. The van der Waals surface area contributed by atoms with Crippen molar-refractivity contribution in [3.63, 3.8) is 0 Å². The summed E-state index contributed by atoms with van der Waals surface area (Å²) >= 11 is 0. The number of methoxy groups -OCH3 is 1. The van der Waals surface area contributed by atoms with E-state index in [4.69, 9.17) is 9.47 Å². The Hall–Kier alpha value is -4.19. The number of amides is 1. The zero-order chi connectivity index (χ0) is 23.0. The molecule has 2 heterocycles. The van der Waals surface area contributed by atoms with Crippen LogP contribution in [0, 0.1) is 0 Å². The van der Waals surface area contributed by atoms with Gasteiger partial charge in [-0.1, -0.05) is 78.9 Å². The summed E-state index contributed by atoms with van der Waals surface area (Å²) in [6.07, 6.45) is -0.283. The number of para-hydroxylation sites is 1. The quantitative estimate of drug-likeness (QED) is 0.575. The van der Waals surface area contributed by atoms with Gasteiger partial charge in [0, 0.05) is 11.3 Å². The molecule has 6 nitrogen and oxygen atoms in total. The summed E-state index contributed by atoms with van der Waals surface area (Å²) in [6, 6.07) is 25.7. The number of fused-ring (bicyclic) bond motifs is 2. The van der Waals surface area contributed by atoms with E-state index >= 15 is 0 Å². The molecule has 1 spiro atoms. The molecule has 3 aromatic rings. The van der Waals surface area contributed by atoms with Gasteiger partial charge in [-0.3, -0.25) is 9.59 Å². The van der Waals surface area contributed by atoms with Gasteiger partial charge in [0.1, 0.15) is 16.7 Å². The molecule has 2 aliphatic rings. The molecule has 5 rings (SSSR count). The van der Waals surface area contributed by atoms with Gasteiger partial charge >= 0.3 is 11.9 Å². The van der Waals surface area contributed by atoms with E-state index < -0.39 is 17.4 Å². The summed E-state index contributed by atoms with van der Waals surface area (Å²) in [5, 5.41) is 0. The van der Waals surface area contributed by atoms with Crippen LogP contribution in [-0.4, -0.2) is 25.0 Å². The third kappa shape index (κ3) is 3.22. The molecule has 0 fully saturated rings. The molecule has 1 amide bonds. The number of cyclic esters (lactones) is 1. The lowest BCUT2D eigenvalue weighted by atomic mass is 9.70. The van der Waals surface area contributed by atoms with Crippen molar-refractivity contribution in [1.82, 2.24) is 0 Å². The van der Waals surface area contributed by atoms with Gasteiger partial charge in [-0.15, -0.1) is 0 Å². The minimum absolute atomic E-state index is 0.0452. The van der Waals surface area contributed by atoms with Gasteiger partial charge in [-0.25, -0.2) is 4.79 Å². The van der Waals surface area contributed by atoms with E-state index in [-0.39, 0.29) is 23.7 Å². The maximum absolute atomic E-state index is 14.2. The summed E-state index contributed by atoms with van der Waals surface area (Å²) in [5.74, 6) is -1.57. The van der Waals surface area contributed by atoms with Gasteiger partial charge in [0.15, 0.2) is 0 Å². The van der Waals surface area contributed by atoms with Crippen molar-refractivity contribution in [2.24, 2.45) is 0 Å². The first-order valence-corrected chi connectivity index (χ1v) is 10.6. The third-order valence-corrected chi connectivity index (χ3v) is 6.15. The van der Waals surface area contributed by atoms with E-state index in [0.717, 1.165) is 5.56 Å². The Kier molecular flexibility index (Phi) is 5.05. The zero-order valence-corrected chi connectivity index (χ0v) is 18.0. The Morgan fingerprint density at radius 2 is 1.58 bits per heavy atom. The summed E-state index contributed by atoms with van der Waals surface area (Å²) in [5.41, 5.74) is 1.23. The van der Waals surface area contributed by atoms with Crippen molar-refractivity contribution in [2.75, 3.05) is 12.0 Å². The molecule has 0 saturated heterocycles. The molecule has 164 valence electrons. The number of carbonyl (C=O) groups is 3. The van der Waals surface area contributed by atoms with E-state index in [9.17, 15) is 14.4 Å². The standard InChI is InChI=1S/C27H21NO5/c1-32-25(30)23-24(19-12-6-3-7-13-19)33-22(29)16-27(23)20-14-8-9-15-21(20)28(26(27)31)17-18-10-4-2-5-11-18/h2-15H,16-17H2,1H3. The minimum Gasteiger partial charge on any atom is -0.466 e. The predicted octanol–water partition coefficient (Wildman–Crippen LogP) is 4.00.